The zero-order valence-corrected chi connectivity index (χ0v) is 19.4. The second-order valence-electron chi connectivity index (χ2n) is 6.37. The van der Waals surface area contributed by atoms with Gasteiger partial charge in [-0.25, -0.2) is 5.43 Å². The molecule has 3 aromatic rings. The minimum atomic E-state index is -4.37. The maximum absolute atomic E-state index is 12.6. The van der Waals surface area contributed by atoms with E-state index in [9.17, 15) is 23.3 Å². The Morgan fingerprint density at radius 1 is 1.09 bits per heavy atom. The van der Waals surface area contributed by atoms with Crippen LogP contribution in [0, 0.1) is 10.1 Å². The lowest BCUT2D eigenvalue weighted by Crippen LogP contribution is -2.18. The molecule has 0 spiro atoms. The molecular weight excluding hydrogens is 518 g/mol. The number of benzene rings is 3. The fraction of sp³-hybridized carbons (Fsp3) is 0.0476. The number of halogens is 1. The van der Waals surface area contributed by atoms with Gasteiger partial charge in [0.15, 0.2) is 5.75 Å². The number of nitro groups is 1. The first kappa shape index (κ1) is 23.9. The van der Waals surface area contributed by atoms with Gasteiger partial charge in [-0.1, -0.05) is 34.1 Å². The molecule has 1 amide bonds. The molecule has 3 rings (SSSR count). The number of hydrazone groups is 1. The summed E-state index contributed by atoms with van der Waals surface area (Å²) < 4.78 is 36.2. The summed E-state index contributed by atoms with van der Waals surface area (Å²) in [6.07, 6.45) is 1.21. The average Bonchev–Trinajstić information content (AvgIpc) is 2.80. The van der Waals surface area contributed by atoms with Gasteiger partial charge in [-0.05, 0) is 36.4 Å². The van der Waals surface area contributed by atoms with Crippen LogP contribution in [0.4, 0.5) is 5.69 Å². The Morgan fingerprint density at radius 2 is 1.85 bits per heavy atom. The number of ether oxygens (including phenoxy) is 1. The van der Waals surface area contributed by atoms with Crippen LogP contribution >= 0.6 is 15.9 Å². The van der Waals surface area contributed by atoms with E-state index in [1.54, 1.807) is 30.3 Å². The van der Waals surface area contributed by atoms with Crippen molar-refractivity contribution >= 4 is 43.9 Å². The van der Waals surface area contributed by atoms with E-state index in [1.165, 1.54) is 43.7 Å². The molecule has 0 bridgehead atoms. The van der Waals surface area contributed by atoms with Gasteiger partial charge in [-0.2, -0.15) is 13.5 Å². The Bertz CT molecular complexity index is 1340. The molecular formula is C21H16BrN3O7S. The van der Waals surface area contributed by atoms with Crippen LogP contribution in [0.15, 0.2) is 81.2 Å². The molecule has 0 saturated carbocycles. The molecule has 3 aromatic carbocycles. The van der Waals surface area contributed by atoms with Crippen LogP contribution in [0.5, 0.6) is 11.5 Å². The zero-order valence-electron chi connectivity index (χ0n) is 17.0. The molecule has 0 aromatic heterocycles. The smallest absolute Gasteiger partial charge is 0.339 e. The third-order valence-corrected chi connectivity index (χ3v) is 5.94. The highest BCUT2D eigenvalue weighted by Gasteiger charge is 2.21. The number of methoxy groups -OCH3 is 1. The summed E-state index contributed by atoms with van der Waals surface area (Å²) in [5.41, 5.74) is 2.43. The molecule has 0 fully saturated rings. The van der Waals surface area contributed by atoms with Gasteiger partial charge >= 0.3 is 10.1 Å². The van der Waals surface area contributed by atoms with E-state index < -0.39 is 20.9 Å². The van der Waals surface area contributed by atoms with Crippen molar-refractivity contribution < 1.29 is 27.1 Å². The third kappa shape index (κ3) is 5.93. The molecule has 0 aliphatic carbocycles. The van der Waals surface area contributed by atoms with Crippen LogP contribution < -0.4 is 14.3 Å². The summed E-state index contributed by atoms with van der Waals surface area (Å²) in [6, 6.07) is 15.5. The zero-order chi connectivity index (χ0) is 24.0. The standard InChI is InChI=1S/C21H16BrN3O7S/c1-31-20-10-9-15(22)11-18(20)21(26)24-23-13-14-5-2-3-8-19(14)32-33(29,30)17-7-4-6-16(12-17)25(27)28/h2-13H,1H3,(H,24,26)/b23-13-. The SMILES string of the molecule is COc1ccc(Br)cc1C(=O)N/N=C\c1ccccc1OS(=O)(=O)c1cccc([N+](=O)[O-])c1. The normalized spacial score (nSPS) is 11.2. The van der Waals surface area contributed by atoms with Crippen LogP contribution in [0.2, 0.25) is 0 Å². The van der Waals surface area contributed by atoms with E-state index in [-0.39, 0.29) is 27.5 Å². The van der Waals surface area contributed by atoms with Crippen LogP contribution in [-0.2, 0) is 10.1 Å². The predicted molar refractivity (Wildman–Crippen MR) is 123 cm³/mol. The lowest BCUT2D eigenvalue weighted by Gasteiger charge is -2.09. The quantitative estimate of drug-likeness (QED) is 0.200. The molecule has 1 N–H and O–H groups in total. The number of non-ortho nitro benzene ring substituents is 1. The highest BCUT2D eigenvalue weighted by atomic mass is 79.9. The summed E-state index contributed by atoms with van der Waals surface area (Å²) in [5, 5.41) is 14.8. The van der Waals surface area contributed by atoms with E-state index in [0.29, 0.717) is 10.2 Å². The number of rotatable bonds is 8. The van der Waals surface area contributed by atoms with E-state index in [0.717, 1.165) is 6.07 Å². The number of carbonyl (C=O) groups is 1. The molecule has 0 aliphatic heterocycles. The number of nitro benzene ring substituents is 1. The molecule has 10 nitrogen and oxygen atoms in total. The Balaban J connectivity index is 1.80. The van der Waals surface area contributed by atoms with Gasteiger partial charge in [-0.15, -0.1) is 0 Å². The summed E-state index contributed by atoms with van der Waals surface area (Å²) >= 11 is 3.28. The molecule has 0 radical (unpaired) electrons. The maximum atomic E-state index is 12.6. The van der Waals surface area contributed by atoms with Crippen molar-refractivity contribution in [2.75, 3.05) is 7.11 Å². The van der Waals surface area contributed by atoms with Gasteiger partial charge in [0.25, 0.3) is 11.6 Å². The van der Waals surface area contributed by atoms with Crippen molar-refractivity contribution in [2.24, 2.45) is 5.10 Å². The van der Waals surface area contributed by atoms with Crippen molar-refractivity contribution in [3.63, 3.8) is 0 Å². The van der Waals surface area contributed by atoms with Crippen molar-refractivity contribution in [2.45, 2.75) is 4.90 Å². The van der Waals surface area contributed by atoms with Gasteiger partial charge < -0.3 is 8.92 Å². The molecule has 0 saturated heterocycles. The summed E-state index contributed by atoms with van der Waals surface area (Å²) in [6.45, 7) is 0. The van der Waals surface area contributed by atoms with Crippen molar-refractivity contribution in [3.8, 4) is 11.5 Å². The van der Waals surface area contributed by atoms with Gasteiger partial charge in [0, 0.05) is 22.2 Å². The number of amides is 1. The van der Waals surface area contributed by atoms with Crippen molar-refractivity contribution in [3.05, 3.63) is 92.4 Å². The Morgan fingerprint density at radius 3 is 2.58 bits per heavy atom. The first-order valence-electron chi connectivity index (χ1n) is 9.16. The van der Waals surface area contributed by atoms with Crippen LogP contribution in [0.25, 0.3) is 0 Å². The number of carbonyl (C=O) groups excluding carboxylic acids is 1. The van der Waals surface area contributed by atoms with E-state index >= 15 is 0 Å². The Labute approximate surface area is 197 Å². The van der Waals surface area contributed by atoms with Crippen LogP contribution in [0.3, 0.4) is 0 Å². The maximum Gasteiger partial charge on any atom is 0.339 e. The van der Waals surface area contributed by atoms with E-state index in [1.807, 2.05) is 0 Å². The second kappa shape index (κ2) is 10.2. The molecule has 0 aliphatic rings. The van der Waals surface area contributed by atoms with Gasteiger partial charge in [-0.3, -0.25) is 14.9 Å². The largest absolute Gasteiger partial charge is 0.496 e. The van der Waals surface area contributed by atoms with Gasteiger partial charge in [0.2, 0.25) is 0 Å². The lowest BCUT2D eigenvalue weighted by atomic mass is 10.2. The first-order valence-corrected chi connectivity index (χ1v) is 11.4. The Hall–Kier alpha value is -3.77. The number of hydrogen-bond acceptors (Lipinski definition) is 8. The minimum absolute atomic E-state index is 0.0814. The molecule has 0 unspecified atom stereocenters. The molecule has 33 heavy (non-hydrogen) atoms. The van der Waals surface area contributed by atoms with Crippen LogP contribution in [0.1, 0.15) is 15.9 Å². The molecule has 170 valence electrons. The van der Waals surface area contributed by atoms with Gasteiger partial charge in [0.1, 0.15) is 10.6 Å². The summed E-state index contributed by atoms with van der Waals surface area (Å²) in [4.78, 5) is 22.3. The highest BCUT2D eigenvalue weighted by Crippen LogP contribution is 2.25. The lowest BCUT2D eigenvalue weighted by molar-refractivity contribution is -0.385. The first-order chi connectivity index (χ1) is 15.7. The summed E-state index contributed by atoms with van der Waals surface area (Å²) in [5.74, 6) is -0.285. The van der Waals surface area contributed by atoms with E-state index in [2.05, 4.69) is 26.5 Å². The van der Waals surface area contributed by atoms with E-state index in [4.69, 9.17) is 8.92 Å². The number of para-hydroxylation sites is 1. The number of nitrogens with zero attached hydrogens (tertiary/aromatic N) is 2. The van der Waals surface area contributed by atoms with Gasteiger partial charge in [0.05, 0.1) is 23.8 Å². The van der Waals surface area contributed by atoms with Crippen molar-refractivity contribution in [1.29, 1.82) is 0 Å². The molecule has 12 heteroatoms. The fourth-order valence-electron chi connectivity index (χ4n) is 2.66. The summed E-state index contributed by atoms with van der Waals surface area (Å²) in [7, 11) is -2.94. The van der Waals surface area contributed by atoms with Crippen molar-refractivity contribution in [1.82, 2.24) is 5.43 Å². The second-order valence-corrected chi connectivity index (χ2v) is 8.84. The Kier molecular flexibility index (Phi) is 7.41. The molecule has 0 heterocycles. The van der Waals surface area contributed by atoms with Crippen LogP contribution in [-0.4, -0.2) is 32.6 Å². The number of hydrogen-bond donors (Lipinski definition) is 1. The third-order valence-electron chi connectivity index (χ3n) is 4.21. The highest BCUT2D eigenvalue weighted by molar-refractivity contribution is 9.10. The predicted octanol–water partition coefficient (Wildman–Crippen LogP) is 3.90. The molecule has 0 atom stereocenters. The fourth-order valence-corrected chi connectivity index (χ4v) is 4.02. The number of nitrogens with one attached hydrogen (secondary N) is 1. The monoisotopic (exact) mass is 533 g/mol. The average molecular weight is 534 g/mol. The minimum Gasteiger partial charge on any atom is -0.496 e. The topological polar surface area (TPSA) is 137 Å².